The number of aryl methyl sites for hydroxylation is 2. The Kier molecular flexibility index (Phi) is 4.66. The van der Waals surface area contributed by atoms with Gasteiger partial charge in [-0.1, -0.05) is 6.92 Å². The third-order valence-electron chi connectivity index (χ3n) is 4.29. The Balaban J connectivity index is 2.03. The second kappa shape index (κ2) is 6.88. The van der Waals surface area contributed by atoms with Crippen molar-refractivity contribution in [2.45, 2.75) is 39.0 Å². The molecule has 0 saturated heterocycles. The van der Waals surface area contributed by atoms with E-state index in [1.807, 2.05) is 25.4 Å². The number of rotatable bonds is 4. The van der Waals surface area contributed by atoms with Crippen LogP contribution in [0.1, 0.15) is 53.2 Å². The molecule has 0 saturated carbocycles. The number of hydrogen-bond acceptors (Lipinski definition) is 3. The summed E-state index contributed by atoms with van der Waals surface area (Å²) in [6.07, 6.45) is 8.78. The molecule has 0 fully saturated rings. The lowest BCUT2D eigenvalue weighted by atomic mass is 9.96. The van der Waals surface area contributed by atoms with Crippen LogP contribution in [-0.4, -0.2) is 17.1 Å². The molecule has 5 heteroatoms. The number of nitrogens with zero attached hydrogens (tertiary/aromatic N) is 2. The highest BCUT2D eigenvalue weighted by Gasteiger charge is 2.19. The van der Waals surface area contributed by atoms with Gasteiger partial charge in [-0.15, -0.1) is 0 Å². The van der Waals surface area contributed by atoms with E-state index in [0.29, 0.717) is 6.42 Å². The summed E-state index contributed by atoms with van der Waals surface area (Å²) in [5.74, 6) is -1.11. The number of esters is 1. The van der Waals surface area contributed by atoms with Gasteiger partial charge in [0.05, 0.1) is 23.4 Å². The van der Waals surface area contributed by atoms with Crippen LogP contribution >= 0.6 is 0 Å². The summed E-state index contributed by atoms with van der Waals surface area (Å²) in [6.45, 7) is 2.16. The van der Waals surface area contributed by atoms with Crippen molar-refractivity contribution in [1.29, 1.82) is 5.26 Å². The maximum atomic E-state index is 14.5. The van der Waals surface area contributed by atoms with Crippen LogP contribution in [0.5, 0.6) is 0 Å². The number of carbonyl (C=O) groups is 1. The summed E-state index contributed by atoms with van der Waals surface area (Å²) in [5, 5.41) is 9.18. The van der Waals surface area contributed by atoms with Crippen LogP contribution in [0.25, 0.3) is 5.69 Å². The van der Waals surface area contributed by atoms with Gasteiger partial charge in [0.15, 0.2) is 0 Å². The lowest BCUT2D eigenvalue weighted by Gasteiger charge is -2.10. The first-order valence-electron chi connectivity index (χ1n) is 8.25. The van der Waals surface area contributed by atoms with Gasteiger partial charge in [0, 0.05) is 12.4 Å². The Labute approximate surface area is 140 Å². The van der Waals surface area contributed by atoms with Crippen molar-refractivity contribution in [3.63, 3.8) is 0 Å². The molecule has 24 heavy (non-hydrogen) atoms. The van der Waals surface area contributed by atoms with Crippen LogP contribution in [0.4, 0.5) is 4.39 Å². The van der Waals surface area contributed by atoms with Gasteiger partial charge in [-0.3, -0.25) is 0 Å². The first-order chi connectivity index (χ1) is 11.6. The highest BCUT2D eigenvalue weighted by atomic mass is 19.1. The summed E-state index contributed by atoms with van der Waals surface area (Å²) >= 11 is 0. The minimum atomic E-state index is -0.591. The summed E-state index contributed by atoms with van der Waals surface area (Å²) in [7, 11) is 0. The molecule has 0 spiro atoms. The number of halogens is 1. The Morgan fingerprint density at radius 2 is 1.96 bits per heavy atom. The maximum absolute atomic E-state index is 14.5. The molecule has 4 nitrogen and oxygen atoms in total. The number of nitriles is 1. The van der Waals surface area contributed by atoms with E-state index in [-0.39, 0.29) is 23.4 Å². The zero-order valence-corrected chi connectivity index (χ0v) is 13.6. The molecule has 3 rings (SSSR count). The molecular formula is C19H19FN2O2. The standard InChI is InChI=1S/C19H19FN2O2/c1-2-7-24-19(23)16-9-18(17(20)8-15(16)10-21)22-11-13-5-3-4-6-14(13)12-22/h8-9,11-12H,2-7H2,1H3. The van der Waals surface area contributed by atoms with Gasteiger partial charge in [-0.25, -0.2) is 9.18 Å². The molecule has 0 radical (unpaired) electrons. The molecule has 1 aliphatic rings. The van der Waals surface area contributed by atoms with Crippen molar-refractivity contribution < 1.29 is 13.9 Å². The highest BCUT2D eigenvalue weighted by molar-refractivity contribution is 5.93. The molecule has 1 aromatic heterocycles. The third kappa shape index (κ3) is 3.05. The number of carbonyl (C=O) groups excluding carboxylic acids is 1. The molecule has 0 unspecified atom stereocenters. The minimum absolute atomic E-state index is 0.00530. The molecule has 0 atom stereocenters. The average molecular weight is 326 g/mol. The van der Waals surface area contributed by atoms with Crippen molar-refractivity contribution in [1.82, 2.24) is 4.57 Å². The van der Waals surface area contributed by atoms with E-state index >= 15 is 0 Å². The van der Waals surface area contributed by atoms with Gasteiger partial charge in [-0.2, -0.15) is 5.26 Å². The van der Waals surface area contributed by atoms with Crippen LogP contribution in [0.15, 0.2) is 24.5 Å². The Bertz CT molecular complexity index is 794. The molecule has 1 aromatic carbocycles. The fraction of sp³-hybridized carbons (Fsp3) is 0.368. The van der Waals surface area contributed by atoms with Crippen LogP contribution in [0, 0.1) is 17.1 Å². The van der Waals surface area contributed by atoms with Crippen LogP contribution in [0.3, 0.4) is 0 Å². The second-order valence-electron chi connectivity index (χ2n) is 6.02. The van der Waals surface area contributed by atoms with Gasteiger partial charge >= 0.3 is 5.97 Å². The Morgan fingerprint density at radius 3 is 2.54 bits per heavy atom. The van der Waals surface area contributed by atoms with Crippen molar-refractivity contribution in [3.05, 3.63) is 52.6 Å². The van der Waals surface area contributed by atoms with Gasteiger partial charge in [-0.05, 0) is 55.4 Å². The van der Waals surface area contributed by atoms with E-state index < -0.39 is 11.8 Å². The largest absolute Gasteiger partial charge is 0.462 e. The van der Waals surface area contributed by atoms with Crippen molar-refractivity contribution in [2.24, 2.45) is 0 Å². The average Bonchev–Trinajstić information content (AvgIpc) is 3.03. The predicted molar refractivity (Wildman–Crippen MR) is 87.7 cm³/mol. The first-order valence-corrected chi connectivity index (χ1v) is 8.25. The molecule has 2 aromatic rings. The monoisotopic (exact) mass is 326 g/mol. The molecule has 0 bridgehead atoms. The zero-order chi connectivity index (χ0) is 17.1. The molecule has 1 aliphatic carbocycles. The Morgan fingerprint density at radius 1 is 1.29 bits per heavy atom. The van der Waals surface area contributed by atoms with E-state index in [0.717, 1.165) is 31.7 Å². The molecule has 0 aliphatic heterocycles. The SMILES string of the molecule is CCCOC(=O)c1cc(-n2cc3c(c2)CCCC3)c(F)cc1C#N. The van der Waals surface area contributed by atoms with E-state index in [1.54, 1.807) is 4.57 Å². The highest BCUT2D eigenvalue weighted by Crippen LogP contribution is 2.26. The van der Waals surface area contributed by atoms with Gasteiger partial charge in [0.25, 0.3) is 0 Å². The number of ether oxygens (including phenoxy) is 1. The summed E-state index contributed by atoms with van der Waals surface area (Å²) in [5.41, 5.74) is 2.82. The van der Waals surface area contributed by atoms with Crippen LogP contribution < -0.4 is 0 Å². The van der Waals surface area contributed by atoms with Crippen molar-refractivity contribution in [3.8, 4) is 11.8 Å². The number of fused-ring (bicyclic) bond motifs is 1. The van der Waals surface area contributed by atoms with E-state index in [1.165, 1.54) is 17.2 Å². The summed E-state index contributed by atoms with van der Waals surface area (Å²) < 4.78 is 21.3. The first kappa shape index (κ1) is 16.3. The summed E-state index contributed by atoms with van der Waals surface area (Å²) in [6, 6.07) is 4.39. The smallest absolute Gasteiger partial charge is 0.339 e. The maximum Gasteiger partial charge on any atom is 0.339 e. The van der Waals surface area contributed by atoms with Crippen LogP contribution in [-0.2, 0) is 17.6 Å². The molecule has 1 heterocycles. The van der Waals surface area contributed by atoms with Crippen molar-refractivity contribution >= 4 is 5.97 Å². The molecular weight excluding hydrogens is 307 g/mol. The topological polar surface area (TPSA) is 55.0 Å². The molecule has 0 amide bonds. The van der Waals surface area contributed by atoms with Crippen molar-refractivity contribution in [2.75, 3.05) is 6.61 Å². The molecule has 124 valence electrons. The quantitative estimate of drug-likeness (QED) is 0.800. The van der Waals surface area contributed by atoms with Gasteiger partial charge < -0.3 is 9.30 Å². The second-order valence-corrected chi connectivity index (χ2v) is 6.02. The van der Waals surface area contributed by atoms with Gasteiger partial charge in [0.2, 0.25) is 0 Å². The lowest BCUT2D eigenvalue weighted by molar-refractivity contribution is 0.0504. The minimum Gasteiger partial charge on any atom is -0.462 e. The Hall–Kier alpha value is -2.61. The number of aromatic nitrogens is 1. The van der Waals surface area contributed by atoms with E-state index in [2.05, 4.69) is 0 Å². The number of hydrogen-bond donors (Lipinski definition) is 0. The van der Waals surface area contributed by atoms with Crippen LogP contribution in [0.2, 0.25) is 0 Å². The molecule has 0 N–H and O–H groups in total. The van der Waals surface area contributed by atoms with E-state index in [4.69, 9.17) is 4.74 Å². The fourth-order valence-corrected chi connectivity index (χ4v) is 3.05. The summed E-state index contributed by atoms with van der Waals surface area (Å²) in [4.78, 5) is 12.2. The number of benzene rings is 1. The normalized spacial score (nSPS) is 13.2. The lowest BCUT2D eigenvalue weighted by Crippen LogP contribution is -2.10. The zero-order valence-electron chi connectivity index (χ0n) is 13.6. The predicted octanol–water partition coefficient (Wildman–Crippen LogP) is 3.93. The van der Waals surface area contributed by atoms with Gasteiger partial charge in [0.1, 0.15) is 11.9 Å². The fourth-order valence-electron chi connectivity index (χ4n) is 3.05. The van der Waals surface area contributed by atoms with E-state index in [9.17, 15) is 14.4 Å². The third-order valence-corrected chi connectivity index (χ3v) is 4.29.